The maximum atomic E-state index is 9.08. The molecule has 4 nitrogen and oxygen atoms in total. The number of oxime groups is 1. The van der Waals surface area contributed by atoms with Crippen molar-refractivity contribution >= 4 is 40.4 Å². The van der Waals surface area contributed by atoms with Crippen LogP contribution >= 0.6 is 34.2 Å². The molecule has 0 bridgehead atoms. The number of hydrogen-bond acceptors (Lipinski definition) is 4. The summed E-state index contributed by atoms with van der Waals surface area (Å²) in [7, 11) is 0. The molecule has 3 rings (SSSR count). The second-order valence-corrected chi connectivity index (χ2v) is 7.48. The van der Waals surface area contributed by atoms with Gasteiger partial charge in [0.2, 0.25) is 0 Å². The van der Waals surface area contributed by atoms with Gasteiger partial charge >= 0.3 is 0 Å². The number of nitriles is 1. The van der Waals surface area contributed by atoms with Gasteiger partial charge < -0.3 is 9.57 Å². The molecule has 0 atom stereocenters. The molecule has 0 saturated heterocycles. The molecule has 0 aromatic heterocycles. The Balaban J connectivity index is 1.55. The number of halogens is 2. The number of benzene rings is 3. The molecule has 0 saturated carbocycles. The van der Waals surface area contributed by atoms with Crippen LogP contribution in [-0.2, 0) is 18.1 Å². The zero-order valence-electron chi connectivity index (χ0n) is 14.8. The second kappa shape index (κ2) is 10.1. The molecule has 140 valence electrons. The lowest BCUT2D eigenvalue weighted by Gasteiger charge is -2.09. The summed E-state index contributed by atoms with van der Waals surface area (Å²) in [6.07, 6.45) is 1.64. The first-order chi connectivity index (χ1) is 13.7. The number of hydrogen-bond donors (Lipinski definition) is 0. The Labute approximate surface area is 182 Å². The number of rotatable bonds is 7. The van der Waals surface area contributed by atoms with Gasteiger partial charge in [0.25, 0.3) is 0 Å². The molecule has 3 aromatic carbocycles. The van der Waals surface area contributed by atoms with Crippen molar-refractivity contribution in [3.05, 3.63) is 97.6 Å². The van der Waals surface area contributed by atoms with Gasteiger partial charge in [-0.1, -0.05) is 47.1 Å². The van der Waals surface area contributed by atoms with Gasteiger partial charge in [0.15, 0.2) is 0 Å². The van der Waals surface area contributed by atoms with E-state index in [0.717, 1.165) is 26.0 Å². The van der Waals surface area contributed by atoms with E-state index in [2.05, 4.69) is 33.8 Å². The highest BCUT2D eigenvalue weighted by Gasteiger charge is 2.04. The first kappa shape index (κ1) is 20.2. The van der Waals surface area contributed by atoms with Crippen LogP contribution in [0.15, 0.2) is 71.9 Å². The zero-order chi connectivity index (χ0) is 19.8. The highest BCUT2D eigenvalue weighted by Crippen LogP contribution is 2.23. The lowest BCUT2D eigenvalue weighted by atomic mass is 10.1. The van der Waals surface area contributed by atoms with Gasteiger partial charge in [0, 0.05) is 10.6 Å². The summed E-state index contributed by atoms with van der Waals surface area (Å²) in [6, 6.07) is 22.8. The van der Waals surface area contributed by atoms with Crippen LogP contribution in [0.2, 0.25) is 5.02 Å². The van der Waals surface area contributed by atoms with Crippen LogP contribution in [0.4, 0.5) is 0 Å². The predicted octanol–water partition coefficient (Wildman–Crippen LogP) is 5.95. The van der Waals surface area contributed by atoms with E-state index in [1.54, 1.807) is 12.3 Å². The fourth-order valence-electron chi connectivity index (χ4n) is 2.42. The quantitative estimate of drug-likeness (QED) is 0.228. The van der Waals surface area contributed by atoms with Crippen molar-refractivity contribution in [3.8, 4) is 11.8 Å². The fraction of sp³-hybridized carbons (Fsp3) is 0.0909. The lowest BCUT2D eigenvalue weighted by molar-refractivity contribution is 0.132. The minimum absolute atomic E-state index is 0.250. The average Bonchev–Trinajstić information content (AvgIpc) is 2.72. The normalized spacial score (nSPS) is 10.6. The molecule has 0 heterocycles. The molecule has 0 fully saturated rings. The van der Waals surface area contributed by atoms with E-state index in [-0.39, 0.29) is 6.61 Å². The highest BCUT2D eigenvalue weighted by atomic mass is 127. The van der Waals surface area contributed by atoms with Crippen LogP contribution in [0.1, 0.15) is 22.3 Å². The van der Waals surface area contributed by atoms with Gasteiger partial charge in [0.1, 0.15) is 19.0 Å². The van der Waals surface area contributed by atoms with Crippen molar-refractivity contribution < 1.29 is 9.57 Å². The molecule has 0 amide bonds. The van der Waals surface area contributed by atoms with Crippen LogP contribution in [0.3, 0.4) is 0 Å². The van der Waals surface area contributed by atoms with E-state index in [4.69, 9.17) is 26.4 Å². The molecule has 0 radical (unpaired) electrons. The third-order valence-electron chi connectivity index (χ3n) is 3.90. The van der Waals surface area contributed by atoms with Crippen LogP contribution < -0.4 is 4.74 Å². The second-order valence-electron chi connectivity index (χ2n) is 5.88. The van der Waals surface area contributed by atoms with E-state index in [1.807, 2.05) is 60.7 Å². The molecule has 28 heavy (non-hydrogen) atoms. The van der Waals surface area contributed by atoms with Crippen LogP contribution in [0.5, 0.6) is 5.75 Å². The fourth-order valence-corrected chi connectivity index (χ4v) is 3.24. The highest BCUT2D eigenvalue weighted by molar-refractivity contribution is 14.1. The van der Waals surface area contributed by atoms with Gasteiger partial charge in [-0.3, -0.25) is 0 Å². The summed E-state index contributed by atoms with van der Waals surface area (Å²) < 4.78 is 6.85. The lowest BCUT2D eigenvalue weighted by Crippen LogP contribution is -1.97. The third kappa shape index (κ3) is 5.72. The number of ether oxygens (including phenoxy) is 1. The van der Waals surface area contributed by atoms with Crippen molar-refractivity contribution in [1.82, 2.24) is 0 Å². The molecule has 0 N–H and O–H groups in total. The van der Waals surface area contributed by atoms with Gasteiger partial charge in [-0.2, -0.15) is 5.26 Å². The van der Waals surface area contributed by atoms with E-state index in [1.165, 1.54) is 0 Å². The van der Waals surface area contributed by atoms with Crippen LogP contribution in [0.25, 0.3) is 0 Å². The Hall–Kier alpha value is -2.56. The number of nitrogens with zero attached hydrogens (tertiary/aromatic N) is 2. The summed E-state index contributed by atoms with van der Waals surface area (Å²) in [4.78, 5) is 5.33. The van der Waals surface area contributed by atoms with Gasteiger partial charge in [-0.05, 0) is 70.1 Å². The molecule has 0 spiro atoms. The topological polar surface area (TPSA) is 54.6 Å². The zero-order valence-corrected chi connectivity index (χ0v) is 17.7. The van der Waals surface area contributed by atoms with E-state index >= 15 is 0 Å². The molecule has 0 aliphatic rings. The standard InChI is InChI=1S/C22H16ClIN2O2/c23-20-8-5-16(6-9-20)14-27-22-10-7-17(11-21(22)24)13-26-28-15-19-4-2-1-3-18(19)12-25/h1-11,13H,14-15H2/b26-13-. The molecule has 0 aliphatic heterocycles. The largest absolute Gasteiger partial charge is 0.488 e. The molecular weight excluding hydrogens is 487 g/mol. The summed E-state index contributed by atoms with van der Waals surface area (Å²) in [5, 5.41) is 13.8. The van der Waals surface area contributed by atoms with Crippen molar-refractivity contribution in [3.63, 3.8) is 0 Å². The molecule has 0 aliphatic carbocycles. The van der Waals surface area contributed by atoms with Crippen LogP contribution in [0, 0.1) is 14.9 Å². The van der Waals surface area contributed by atoms with E-state index in [0.29, 0.717) is 17.2 Å². The first-order valence-corrected chi connectivity index (χ1v) is 9.91. The summed E-state index contributed by atoms with van der Waals surface area (Å²) in [5.74, 6) is 0.802. The van der Waals surface area contributed by atoms with Crippen LogP contribution in [-0.4, -0.2) is 6.21 Å². The summed E-state index contributed by atoms with van der Waals surface area (Å²) >= 11 is 8.12. The Morgan fingerprint density at radius 2 is 1.82 bits per heavy atom. The molecule has 6 heteroatoms. The minimum atomic E-state index is 0.250. The third-order valence-corrected chi connectivity index (χ3v) is 4.99. The Morgan fingerprint density at radius 3 is 2.57 bits per heavy atom. The predicted molar refractivity (Wildman–Crippen MR) is 118 cm³/mol. The Morgan fingerprint density at radius 1 is 1.04 bits per heavy atom. The Bertz CT molecular complexity index is 1010. The van der Waals surface area contributed by atoms with Crippen molar-refractivity contribution in [2.45, 2.75) is 13.2 Å². The molecular formula is C22H16ClIN2O2. The maximum absolute atomic E-state index is 9.08. The van der Waals surface area contributed by atoms with E-state index < -0.39 is 0 Å². The van der Waals surface area contributed by atoms with Crippen molar-refractivity contribution in [1.29, 1.82) is 5.26 Å². The molecule has 3 aromatic rings. The van der Waals surface area contributed by atoms with Gasteiger partial charge in [0.05, 0.1) is 21.4 Å². The van der Waals surface area contributed by atoms with Gasteiger partial charge in [-0.15, -0.1) is 0 Å². The SMILES string of the molecule is N#Cc1ccccc1CO/N=C\c1ccc(OCc2ccc(Cl)cc2)c(I)c1. The van der Waals surface area contributed by atoms with E-state index in [9.17, 15) is 0 Å². The summed E-state index contributed by atoms with van der Waals surface area (Å²) in [5.41, 5.74) is 3.35. The van der Waals surface area contributed by atoms with Gasteiger partial charge in [-0.25, -0.2) is 0 Å². The van der Waals surface area contributed by atoms with Crippen molar-refractivity contribution in [2.24, 2.45) is 5.16 Å². The minimum Gasteiger partial charge on any atom is -0.488 e. The Kier molecular flexibility index (Phi) is 7.29. The average molecular weight is 503 g/mol. The molecule has 0 unspecified atom stereocenters. The maximum Gasteiger partial charge on any atom is 0.143 e. The monoisotopic (exact) mass is 502 g/mol. The summed E-state index contributed by atoms with van der Waals surface area (Å²) in [6.45, 7) is 0.724. The first-order valence-electron chi connectivity index (χ1n) is 8.46. The smallest absolute Gasteiger partial charge is 0.143 e. The van der Waals surface area contributed by atoms with Crippen molar-refractivity contribution in [2.75, 3.05) is 0 Å².